The third kappa shape index (κ3) is 4.29. The van der Waals surface area contributed by atoms with E-state index in [0.717, 1.165) is 17.1 Å². The summed E-state index contributed by atoms with van der Waals surface area (Å²) in [4.78, 5) is 3.73. The highest BCUT2D eigenvalue weighted by molar-refractivity contribution is 7.93. The van der Waals surface area contributed by atoms with Crippen molar-refractivity contribution in [3.63, 3.8) is 0 Å². The summed E-state index contributed by atoms with van der Waals surface area (Å²) in [6.45, 7) is 1.21. The Morgan fingerprint density at radius 1 is 1.27 bits per heavy atom. The lowest BCUT2D eigenvalue weighted by Gasteiger charge is -2.11. The SMILES string of the molecule is Cc1cc(CF)cc(Oc2ccc(S(=O)(=O)Nc3ncns3)cc2Cl)c1. The van der Waals surface area contributed by atoms with E-state index in [-0.39, 0.29) is 20.8 Å². The van der Waals surface area contributed by atoms with Gasteiger partial charge in [0.2, 0.25) is 5.13 Å². The molecule has 0 spiro atoms. The Balaban J connectivity index is 1.85. The molecule has 0 amide bonds. The lowest BCUT2D eigenvalue weighted by atomic mass is 10.1. The second-order valence-corrected chi connectivity index (χ2v) is 8.20. The van der Waals surface area contributed by atoms with Crippen molar-refractivity contribution in [3.05, 3.63) is 58.9 Å². The van der Waals surface area contributed by atoms with Gasteiger partial charge in [-0.05, 0) is 48.4 Å². The highest BCUT2D eigenvalue weighted by Gasteiger charge is 2.18. The van der Waals surface area contributed by atoms with Crippen LogP contribution in [0.1, 0.15) is 11.1 Å². The van der Waals surface area contributed by atoms with Crippen molar-refractivity contribution in [2.75, 3.05) is 4.72 Å². The number of nitrogens with one attached hydrogen (secondary N) is 1. The fourth-order valence-electron chi connectivity index (χ4n) is 2.21. The molecule has 2 aromatic carbocycles. The fourth-order valence-corrected chi connectivity index (χ4v) is 4.18. The van der Waals surface area contributed by atoms with Crippen molar-refractivity contribution >= 4 is 38.3 Å². The summed E-state index contributed by atoms with van der Waals surface area (Å²) in [6.07, 6.45) is 1.25. The maximum Gasteiger partial charge on any atom is 0.263 e. The number of hydrogen-bond acceptors (Lipinski definition) is 6. The van der Waals surface area contributed by atoms with E-state index in [9.17, 15) is 12.8 Å². The monoisotopic (exact) mass is 413 g/mol. The van der Waals surface area contributed by atoms with Crippen molar-refractivity contribution in [2.24, 2.45) is 0 Å². The summed E-state index contributed by atoms with van der Waals surface area (Å²) in [5, 5.41) is 0.258. The predicted molar refractivity (Wildman–Crippen MR) is 98.2 cm³/mol. The van der Waals surface area contributed by atoms with Gasteiger partial charge in [-0.25, -0.2) is 17.8 Å². The molecule has 3 aromatic rings. The molecule has 0 saturated carbocycles. The minimum absolute atomic E-state index is 0.0428. The zero-order chi connectivity index (χ0) is 18.7. The van der Waals surface area contributed by atoms with Gasteiger partial charge in [0.15, 0.2) is 0 Å². The molecule has 1 heterocycles. The summed E-state index contributed by atoms with van der Waals surface area (Å²) in [5.41, 5.74) is 1.32. The van der Waals surface area contributed by atoms with Crippen LogP contribution in [0.15, 0.2) is 47.6 Å². The Kier molecular flexibility index (Phi) is 5.40. The number of aromatic nitrogens is 2. The Bertz CT molecular complexity index is 1030. The molecule has 0 bridgehead atoms. The number of sulfonamides is 1. The molecule has 1 N–H and O–H groups in total. The molecule has 0 radical (unpaired) electrons. The Morgan fingerprint density at radius 3 is 2.73 bits per heavy atom. The van der Waals surface area contributed by atoms with E-state index in [2.05, 4.69) is 14.1 Å². The normalized spacial score (nSPS) is 11.3. The lowest BCUT2D eigenvalue weighted by Crippen LogP contribution is -2.12. The number of nitrogens with zero attached hydrogens (tertiary/aromatic N) is 2. The molecule has 0 unspecified atom stereocenters. The molecule has 0 saturated heterocycles. The first-order chi connectivity index (χ1) is 12.4. The molecule has 3 rings (SSSR count). The molecule has 136 valence electrons. The fraction of sp³-hybridized carbons (Fsp3) is 0.125. The first kappa shape index (κ1) is 18.6. The summed E-state index contributed by atoms with van der Waals surface area (Å²) >= 11 is 7.08. The number of ether oxygens (including phenoxy) is 1. The molecular formula is C16H13ClFN3O3S2. The van der Waals surface area contributed by atoms with E-state index in [1.807, 2.05) is 6.92 Å². The maximum absolute atomic E-state index is 12.9. The van der Waals surface area contributed by atoms with Crippen LogP contribution in [0.3, 0.4) is 0 Å². The molecule has 10 heteroatoms. The lowest BCUT2D eigenvalue weighted by molar-refractivity contribution is 0.467. The average molecular weight is 414 g/mol. The van der Waals surface area contributed by atoms with E-state index >= 15 is 0 Å². The number of alkyl halides is 1. The predicted octanol–water partition coefficient (Wildman–Crippen LogP) is 4.56. The van der Waals surface area contributed by atoms with E-state index in [1.165, 1.54) is 24.5 Å². The van der Waals surface area contributed by atoms with Gasteiger partial charge < -0.3 is 4.74 Å². The van der Waals surface area contributed by atoms with Gasteiger partial charge in [-0.15, -0.1) is 0 Å². The van der Waals surface area contributed by atoms with Crippen LogP contribution in [0, 0.1) is 6.92 Å². The minimum Gasteiger partial charge on any atom is -0.456 e. The zero-order valence-electron chi connectivity index (χ0n) is 13.4. The average Bonchev–Trinajstić information content (AvgIpc) is 3.08. The summed E-state index contributed by atoms with van der Waals surface area (Å²) in [7, 11) is -3.84. The number of rotatable bonds is 6. The molecule has 0 aliphatic carbocycles. The maximum atomic E-state index is 12.9. The Hall–Kier alpha value is -2.23. The van der Waals surface area contributed by atoms with Crippen LogP contribution in [0.5, 0.6) is 11.5 Å². The first-order valence-corrected chi connectivity index (χ1v) is 9.94. The second-order valence-electron chi connectivity index (χ2n) is 5.33. The standard InChI is InChI=1S/C16H13ClFN3O3S2/c1-10-4-11(8-18)6-12(5-10)24-15-3-2-13(7-14(15)17)26(22,23)21-16-19-9-20-25-16/h2-7,9H,8H2,1H3,(H,19,20,21). The van der Waals surface area contributed by atoms with E-state index in [0.29, 0.717) is 11.3 Å². The van der Waals surface area contributed by atoms with Crippen molar-refractivity contribution in [1.29, 1.82) is 0 Å². The van der Waals surface area contributed by atoms with Gasteiger partial charge in [0.1, 0.15) is 24.5 Å². The van der Waals surface area contributed by atoms with Crippen molar-refractivity contribution in [1.82, 2.24) is 9.36 Å². The first-order valence-electron chi connectivity index (χ1n) is 7.31. The summed E-state index contributed by atoms with van der Waals surface area (Å²) in [6, 6.07) is 9.07. The van der Waals surface area contributed by atoms with Crippen molar-refractivity contribution in [3.8, 4) is 11.5 Å². The Morgan fingerprint density at radius 2 is 2.08 bits per heavy atom. The van der Waals surface area contributed by atoms with Gasteiger partial charge in [-0.2, -0.15) is 4.37 Å². The third-order valence-corrected chi connectivity index (χ3v) is 5.63. The molecule has 1 aromatic heterocycles. The summed E-state index contributed by atoms with van der Waals surface area (Å²) in [5.74, 6) is 0.680. The van der Waals surface area contributed by atoms with Crippen LogP contribution in [-0.2, 0) is 16.7 Å². The van der Waals surface area contributed by atoms with E-state index in [1.54, 1.807) is 18.2 Å². The van der Waals surface area contributed by atoms with Gasteiger partial charge in [-0.1, -0.05) is 17.7 Å². The van der Waals surface area contributed by atoms with Crippen LogP contribution in [0.2, 0.25) is 5.02 Å². The topological polar surface area (TPSA) is 81.2 Å². The minimum atomic E-state index is -3.84. The Labute approximate surface area is 158 Å². The van der Waals surface area contributed by atoms with Gasteiger partial charge in [0, 0.05) is 11.5 Å². The number of benzene rings is 2. The number of halogens is 2. The van der Waals surface area contributed by atoms with Crippen LogP contribution >= 0.6 is 23.1 Å². The molecule has 26 heavy (non-hydrogen) atoms. The third-order valence-electron chi connectivity index (χ3n) is 3.29. The second kappa shape index (κ2) is 7.56. The zero-order valence-corrected chi connectivity index (χ0v) is 15.8. The number of aryl methyl sites for hydroxylation is 1. The largest absolute Gasteiger partial charge is 0.456 e. The molecule has 0 atom stereocenters. The van der Waals surface area contributed by atoms with Crippen LogP contribution in [0.25, 0.3) is 0 Å². The molecular weight excluding hydrogens is 401 g/mol. The molecule has 0 aliphatic heterocycles. The summed E-state index contributed by atoms with van der Waals surface area (Å²) < 4.78 is 49.3. The van der Waals surface area contributed by atoms with Crippen molar-refractivity contribution in [2.45, 2.75) is 18.5 Å². The van der Waals surface area contributed by atoms with Gasteiger partial charge in [0.05, 0.1) is 9.92 Å². The van der Waals surface area contributed by atoms with E-state index in [4.69, 9.17) is 16.3 Å². The van der Waals surface area contributed by atoms with Crippen molar-refractivity contribution < 1.29 is 17.5 Å². The van der Waals surface area contributed by atoms with Crippen LogP contribution < -0.4 is 9.46 Å². The molecule has 6 nitrogen and oxygen atoms in total. The van der Waals surface area contributed by atoms with E-state index < -0.39 is 16.7 Å². The molecule has 0 aliphatic rings. The highest BCUT2D eigenvalue weighted by atomic mass is 35.5. The highest BCUT2D eigenvalue weighted by Crippen LogP contribution is 2.32. The number of anilines is 1. The smallest absolute Gasteiger partial charge is 0.263 e. The van der Waals surface area contributed by atoms with Crippen LogP contribution in [-0.4, -0.2) is 17.8 Å². The number of hydrogen-bond donors (Lipinski definition) is 1. The van der Waals surface area contributed by atoms with Gasteiger partial charge >= 0.3 is 0 Å². The molecule has 0 fully saturated rings. The quantitative estimate of drug-likeness (QED) is 0.640. The van der Waals surface area contributed by atoms with Crippen LogP contribution in [0.4, 0.5) is 9.52 Å². The van der Waals surface area contributed by atoms with Gasteiger partial charge in [0.25, 0.3) is 10.0 Å². The van der Waals surface area contributed by atoms with Gasteiger partial charge in [-0.3, -0.25) is 4.72 Å².